The van der Waals surface area contributed by atoms with Gasteiger partial charge in [0.25, 0.3) is 5.91 Å². The predicted octanol–water partition coefficient (Wildman–Crippen LogP) is 2.19. The Morgan fingerprint density at radius 1 is 1.20 bits per heavy atom. The molecule has 11 heteroatoms. The molecule has 9 nitrogen and oxygen atoms in total. The third kappa shape index (κ3) is 6.75. The molecule has 0 saturated heterocycles. The van der Waals surface area contributed by atoms with Crippen molar-refractivity contribution in [3.63, 3.8) is 0 Å². The number of hydrazone groups is 1. The Morgan fingerprint density at radius 3 is 2.40 bits per heavy atom. The third-order valence-electron chi connectivity index (χ3n) is 3.66. The monoisotopic (exact) mass is 453 g/mol. The van der Waals surface area contributed by atoms with Gasteiger partial charge in [0.1, 0.15) is 18.0 Å². The zero-order valence-corrected chi connectivity index (χ0v) is 18.0. The number of rotatable bonds is 8. The average molecular weight is 454 g/mol. The van der Waals surface area contributed by atoms with Crippen LogP contribution in [0.4, 0.5) is 5.69 Å². The Bertz CT molecular complexity index is 1050. The van der Waals surface area contributed by atoms with E-state index in [1.54, 1.807) is 24.3 Å². The Kier molecular flexibility index (Phi) is 7.79. The van der Waals surface area contributed by atoms with Gasteiger partial charge in [0.05, 0.1) is 30.3 Å². The Morgan fingerprint density at radius 2 is 1.87 bits per heavy atom. The highest BCUT2D eigenvalue weighted by Gasteiger charge is 2.21. The highest BCUT2D eigenvalue weighted by atomic mass is 35.5. The number of hydrogen-bond acceptors (Lipinski definition) is 7. The van der Waals surface area contributed by atoms with Crippen molar-refractivity contribution in [2.75, 3.05) is 24.2 Å². The first-order valence-electron chi connectivity index (χ1n) is 8.52. The number of esters is 1. The molecule has 0 aliphatic rings. The smallest absolute Gasteiger partial charge is 0.308 e. The molecule has 160 valence electrons. The molecule has 0 unspecified atom stereocenters. The van der Waals surface area contributed by atoms with Gasteiger partial charge in [0.15, 0.2) is 0 Å². The lowest BCUT2D eigenvalue weighted by Gasteiger charge is -2.21. The first-order valence-corrected chi connectivity index (χ1v) is 10.7. The summed E-state index contributed by atoms with van der Waals surface area (Å²) in [5, 5.41) is 4.01. The van der Waals surface area contributed by atoms with Crippen molar-refractivity contribution in [1.82, 2.24) is 5.43 Å². The predicted molar refractivity (Wildman–Crippen MR) is 114 cm³/mol. The molecule has 0 fully saturated rings. The number of nitrogens with zero attached hydrogens (tertiary/aromatic N) is 2. The summed E-state index contributed by atoms with van der Waals surface area (Å²) in [6, 6.07) is 10.8. The fraction of sp³-hybridized carbons (Fsp3) is 0.211. The Balaban J connectivity index is 2.05. The van der Waals surface area contributed by atoms with Crippen LogP contribution in [-0.2, 0) is 19.6 Å². The van der Waals surface area contributed by atoms with Gasteiger partial charge in [-0.2, -0.15) is 5.10 Å². The summed E-state index contributed by atoms with van der Waals surface area (Å²) in [5.41, 5.74) is 3.11. The number of amides is 1. The molecule has 2 aromatic rings. The van der Waals surface area contributed by atoms with E-state index < -0.39 is 28.4 Å². The summed E-state index contributed by atoms with van der Waals surface area (Å²) in [6.07, 6.45) is 2.34. The molecule has 2 aromatic carbocycles. The van der Waals surface area contributed by atoms with Crippen molar-refractivity contribution < 1.29 is 27.5 Å². The zero-order valence-electron chi connectivity index (χ0n) is 16.5. The van der Waals surface area contributed by atoms with Crippen molar-refractivity contribution in [2.45, 2.75) is 6.92 Å². The van der Waals surface area contributed by atoms with Crippen molar-refractivity contribution in [2.24, 2.45) is 5.10 Å². The number of anilines is 1. The van der Waals surface area contributed by atoms with E-state index in [4.69, 9.17) is 21.1 Å². The van der Waals surface area contributed by atoms with Crippen molar-refractivity contribution in [3.8, 4) is 11.5 Å². The molecule has 0 spiro atoms. The van der Waals surface area contributed by atoms with Crippen molar-refractivity contribution >= 4 is 45.4 Å². The van der Waals surface area contributed by atoms with E-state index in [-0.39, 0.29) is 10.7 Å². The van der Waals surface area contributed by atoms with Crippen LogP contribution in [0.3, 0.4) is 0 Å². The number of methoxy groups -OCH3 is 1. The molecule has 0 aliphatic carbocycles. The van der Waals surface area contributed by atoms with Crippen LogP contribution >= 0.6 is 11.6 Å². The number of benzene rings is 2. The largest absolute Gasteiger partial charge is 0.495 e. The minimum absolute atomic E-state index is 0.208. The van der Waals surface area contributed by atoms with Gasteiger partial charge >= 0.3 is 5.97 Å². The average Bonchev–Trinajstić information content (AvgIpc) is 2.66. The van der Waals surface area contributed by atoms with Crippen LogP contribution in [0.5, 0.6) is 11.5 Å². The van der Waals surface area contributed by atoms with Gasteiger partial charge < -0.3 is 9.47 Å². The van der Waals surface area contributed by atoms with E-state index in [1.165, 1.54) is 38.4 Å². The Labute approximate surface area is 179 Å². The molecule has 0 aliphatic heterocycles. The van der Waals surface area contributed by atoms with E-state index in [2.05, 4.69) is 10.5 Å². The maximum absolute atomic E-state index is 12.2. The van der Waals surface area contributed by atoms with Crippen molar-refractivity contribution in [1.29, 1.82) is 0 Å². The number of carbonyl (C=O) groups is 2. The number of sulfonamides is 1. The van der Waals surface area contributed by atoms with E-state index in [9.17, 15) is 18.0 Å². The van der Waals surface area contributed by atoms with Gasteiger partial charge in [0.2, 0.25) is 10.0 Å². The summed E-state index contributed by atoms with van der Waals surface area (Å²) in [4.78, 5) is 23.1. The summed E-state index contributed by atoms with van der Waals surface area (Å²) in [5.74, 6) is -0.328. The van der Waals surface area contributed by atoms with E-state index in [0.29, 0.717) is 17.1 Å². The fourth-order valence-electron chi connectivity index (χ4n) is 2.34. The van der Waals surface area contributed by atoms with Crippen molar-refractivity contribution in [3.05, 3.63) is 53.1 Å². The summed E-state index contributed by atoms with van der Waals surface area (Å²) < 4.78 is 35.1. The lowest BCUT2D eigenvalue weighted by Crippen LogP contribution is -2.39. The molecule has 0 bridgehead atoms. The molecule has 0 saturated carbocycles. The number of ether oxygens (including phenoxy) is 2. The standard InChI is InChI=1S/C19H20ClN3O6S/c1-13(24)29-16-7-4-14(5-8-16)11-21-22-19(25)12-23(30(3,26)27)15-6-9-18(28-2)17(20)10-15/h4-11H,12H2,1-3H3,(H,22,25)/b21-11-. The molecule has 1 amide bonds. The fourth-order valence-corrected chi connectivity index (χ4v) is 3.44. The molecule has 0 radical (unpaired) electrons. The van der Waals surface area contributed by atoms with Crippen LogP contribution < -0.4 is 19.2 Å². The molecule has 0 aromatic heterocycles. The van der Waals surface area contributed by atoms with Crippen LogP contribution in [0.2, 0.25) is 5.02 Å². The normalized spacial score (nSPS) is 11.2. The summed E-state index contributed by atoms with van der Waals surface area (Å²) in [6.45, 7) is 0.800. The maximum atomic E-state index is 12.2. The van der Waals surface area contributed by atoms with Crippen LogP contribution in [0.15, 0.2) is 47.6 Å². The number of carbonyl (C=O) groups excluding carboxylic acids is 2. The topological polar surface area (TPSA) is 114 Å². The number of halogens is 1. The highest BCUT2D eigenvalue weighted by molar-refractivity contribution is 7.92. The van der Waals surface area contributed by atoms with Gasteiger partial charge in [-0.1, -0.05) is 11.6 Å². The number of nitrogens with one attached hydrogen (secondary N) is 1. The maximum Gasteiger partial charge on any atom is 0.308 e. The van der Waals surface area contributed by atoms with Gasteiger partial charge in [-0.3, -0.25) is 13.9 Å². The quantitative estimate of drug-likeness (QED) is 0.283. The molecule has 2 rings (SSSR count). The molecule has 0 heterocycles. The first kappa shape index (κ1) is 23.2. The SMILES string of the molecule is COc1ccc(N(CC(=O)N/N=C\c2ccc(OC(C)=O)cc2)S(C)(=O)=O)cc1Cl. The van der Waals surface area contributed by atoms with E-state index >= 15 is 0 Å². The van der Waals surface area contributed by atoms with Gasteiger partial charge in [0, 0.05) is 6.92 Å². The number of hydrogen-bond donors (Lipinski definition) is 1. The second kappa shape index (κ2) is 10.1. The van der Waals surface area contributed by atoms with Crippen LogP contribution in [0.1, 0.15) is 12.5 Å². The lowest BCUT2D eigenvalue weighted by atomic mass is 10.2. The van der Waals surface area contributed by atoms with Gasteiger partial charge in [-0.25, -0.2) is 13.8 Å². The van der Waals surface area contributed by atoms with Gasteiger partial charge in [-0.15, -0.1) is 0 Å². The van der Waals surface area contributed by atoms with Crippen LogP contribution in [0, 0.1) is 0 Å². The summed E-state index contributed by atoms with van der Waals surface area (Å²) in [7, 11) is -2.33. The van der Waals surface area contributed by atoms with E-state index in [1.807, 2.05) is 0 Å². The lowest BCUT2D eigenvalue weighted by molar-refractivity contribution is -0.131. The third-order valence-corrected chi connectivity index (χ3v) is 5.09. The summed E-state index contributed by atoms with van der Waals surface area (Å²) >= 11 is 6.05. The molecule has 30 heavy (non-hydrogen) atoms. The second-order valence-corrected chi connectivity index (χ2v) is 8.36. The first-order chi connectivity index (χ1) is 14.1. The molecule has 0 atom stereocenters. The van der Waals surface area contributed by atoms with E-state index in [0.717, 1.165) is 10.6 Å². The van der Waals surface area contributed by atoms with Crippen LogP contribution in [0.25, 0.3) is 0 Å². The molecular weight excluding hydrogens is 434 g/mol. The molecular formula is C19H20ClN3O6S. The van der Waals surface area contributed by atoms with Crippen LogP contribution in [-0.4, -0.2) is 46.4 Å². The molecule has 1 N–H and O–H groups in total. The minimum atomic E-state index is -3.76. The second-order valence-electron chi connectivity index (χ2n) is 6.04. The Hall–Kier alpha value is -3.11. The van der Waals surface area contributed by atoms with Gasteiger partial charge in [-0.05, 0) is 48.0 Å². The zero-order chi connectivity index (χ0) is 22.3. The highest BCUT2D eigenvalue weighted by Crippen LogP contribution is 2.30. The minimum Gasteiger partial charge on any atom is -0.495 e.